The molecule has 1 N–H and O–H groups in total. The van der Waals surface area contributed by atoms with Gasteiger partial charge >= 0.3 is 0 Å². The van der Waals surface area contributed by atoms with E-state index in [2.05, 4.69) is 5.32 Å². The normalized spacial score (nSPS) is 16.0. The molecule has 200 valence electrons. The molecular formula is C28H31N3O5S2. The van der Waals surface area contributed by atoms with Crippen LogP contribution in [0.1, 0.15) is 39.9 Å². The third-order valence-electron chi connectivity index (χ3n) is 7.13. The van der Waals surface area contributed by atoms with Crippen molar-refractivity contribution in [1.29, 1.82) is 0 Å². The summed E-state index contributed by atoms with van der Waals surface area (Å²) in [6, 6.07) is 18.7. The second kappa shape index (κ2) is 10.5. The molecule has 2 aliphatic rings. The molecule has 0 saturated carbocycles. The number of benzene rings is 3. The van der Waals surface area contributed by atoms with Crippen LogP contribution in [0.5, 0.6) is 0 Å². The van der Waals surface area contributed by atoms with Crippen LogP contribution >= 0.6 is 0 Å². The lowest BCUT2D eigenvalue weighted by Gasteiger charge is -2.20. The van der Waals surface area contributed by atoms with E-state index in [0.29, 0.717) is 55.2 Å². The molecule has 0 bridgehead atoms. The van der Waals surface area contributed by atoms with E-state index in [4.69, 9.17) is 0 Å². The molecule has 0 spiro atoms. The molecule has 0 aliphatic carbocycles. The molecule has 2 aliphatic heterocycles. The minimum Gasteiger partial charge on any atom is -0.352 e. The van der Waals surface area contributed by atoms with Gasteiger partial charge < -0.3 is 5.32 Å². The summed E-state index contributed by atoms with van der Waals surface area (Å²) in [5, 5.41) is 2.90. The predicted octanol–water partition coefficient (Wildman–Crippen LogP) is 3.50. The summed E-state index contributed by atoms with van der Waals surface area (Å²) < 4.78 is 54.6. The fourth-order valence-electron chi connectivity index (χ4n) is 4.93. The molecule has 3 aromatic rings. The highest BCUT2D eigenvalue weighted by Crippen LogP contribution is 2.33. The van der Waals surface area contributed by atoms with Crippen molar-refractivity contribution in [3.8, 4) is 0 Å². The van der Waals surface area contributed by atoms with E-state index in [1.807, 2.05) is 6.92 Å². The van der Waals surface area contributed by atoms with E-state index < -0.39 is 20.0 Å². The van der Waals surface area contributed by atoms with Gasteiger partial charge in [0.05, 0.1) is 15.5 Å². The van der Waals surface area contributed by atoms with Crippen molar-refractivity contribution in [3.63, 3.8) is 0 Å². The lowest BCUT2D eigenvalue weighted by atomic mass is 10.1. The Morgan fingerprint density at radius 1 is 0.816 bits per heavy atom. The minimum atomic E-state index is -3.67. The molecule has 10 heteroatoms. The Labute approximate surface area is 224 Å². The topological polar surface area (TPSA) is 104 Å². The van der Waals surface area contributed by atoms with Crippen LogP contribution in [0.3, 0.4) is 0 Å². The zero-order chi connectivity index (χ0) is 26.9. The Hall–Kier alpha value is -3.21. The first-order valence-corrected chi connectivity index (χ1v) is 15.6. The fourth-order valence-corrected chi connectivity index (χ4v) is 7.95. The van der Waals surface area contributed by atoms with Crippen molar-refractivity contribution in [2.45, 2.75) is 42.4 Å². The van der Waals surface area contributed by atoms with E-state index in [-0.39, 0.29) is 10.8 Å². The van der Waals surface area contributed by atoms with Crippen molar-refractivity contribution in [2.24, 2.45) is 0 Å². The summed E-state index contributed by atoms with van der Waals surface area (Å²) in [5.41, 5.74) is 3.82. The van der Waals surface area contributed by atoms with Gasteiger partial charge in [0.2, 0.25) is 10.0 Å². The number of hydrogen-bond acceptors (Lipinski definition) is 5. The van der Waals surface area contributed by atoms with E-state index >= 15 is 0 Å². The van der Waals surface area contributed by atoms with Crippen molar-refractivity contribution in [2.75, 3.05) is 30.5 Å². The van der Waals surface area contributed by atoms with Gasteiger partial charge in [-0.1, -0.05) is 29.8 Å². The number of hydrogen-bond donors (Lipinski definition) is 1. The number of nitrogens with one attached hydrogen (secondary N) is 1. The minimum absolute atomic E-state index is 0.235. The fraction of sp³-hybridized carbons (Fsp3) is 0.321. The number of anilines is 1. The highest BCUT2D eigenvalue weighted by atomic mass is 32.2. The lowest BCUT2D eigenvalue weighted by Crippen LogP contribution is -2.29. The van der Waals surface area contributed by atoms with Crippen LogP contribution in [-0.2, 0) is 32.9 Å². The molecule has 8 nitrogen and oxygen atoms in total. The molecule has 0 atom stereocenters. The molecule has 5 rings (SSSR count). The average Bonchev–Trinajstić information content (AvgIpc) is 3.60. The highest BCUT2D eigenvalue weighted by molar-refractivity contribution is 7.92. The number of amides is 1. The first kappa shape index (κ1) is 26.4. The average molecular weight is 554 g/mol. The van der Waals surface area contributed by atoms with E-state index in [1.54, 1.807) is 66.7 Å². The Morgan fingerprint density at radius 2 is 1.45 bits per heavy atom. The Balaban J connectivity index is 1.19. The summed E-state index contributed by atoms with van der Waals surface area (Å²) in [4.78, 5) is 13.3. The van der Waals surface area contributed by atoms with Gasteiger partial charge in [0.1, 0.15) is 0 Å². The van der Waals surface area contributed by atoms with Crippen LogP contribution in [-0.4, -0.2) is 53.2 Å². The third-order valence-corrected chi connectivity index (χ3v) is 10.9. The quantitative estimate of drug-likeness (QED) is 0.460. The molecule has 1 saturated heterocycles. The summed E-state index contributed by atoms with van der Waals surface area (Å²) >= 11 is 0. The van der Waals surface area contributed by atoms with Gasteiger partial charge in [-0.05, 0) is 86.2 Å². The van der Waals surface area contributed by atoms with E-state index in [0.717, 1.165) is 29.5 Å². The SMILES string of the molecule is Cc1ccc(S(=O)(=O)N2CCc3cc(C(=O)NCCc4ccc(S(=O)(=O)N5CCCC5)cc4)ccc32)cc1. The van der Waals surface area contributed by atoms with E-state index in [1.165, 1.54) is 8.61 Å². The number of nitrogens with zero attached hydrogens (tertiary/aromatic N) is 2. The smallest absolute Gasteiger partial charge is 0.264 e. The second-order valence-corrected chi connectivity index (χ2v) is 13.5. The van der Waals surface area contributed by atoms with Gasteiger partial charge in [-0.15, -0.1) is 0 Å². The molecule has 38 heavy (non-hydrogen) atoms. The maximum absolute atomic E-state index is 13.2. The summed E-state index contributed by atoms with van der Waals surface area (Å²) in [6.07, 6.45) is 2.88. The standard InChI is InChI=1S/C28H31N3O5S2/c1-21-4-9-26(10-5-21)38(35,36)31-19-15-23-20-24(8-13-27(23)31)28(32)29-16-14-22-6-11-25(12-7-22)37(33,34)30-17-2-3-18-30/h4-13,20H,2-3,14-19H2,1H3,(H,29,32). The highest BCUT2D eigenvalue weighted by Gasteiger charge is 2.31. The van der Waals surface area contributed by atoms with Crippen molar-refractivity contribution in [3.05, 3.63) is 89.0 Å². The van der Waals surface area contributed by atoms with Gasteiger partial charge in [-0.2, -0.15) is 4.31 Å². The number of carbonyl (C=O) groups is 1. The van der Waals surface area contributed by atoms with E-state index in [9.17, 15) is 21.6 Å². The molecular weight excluding hydrogens is 522 g/mol. The molecule has 0 radical (unpaired) electrons. The van der Waals surface area contributed by atoms with Gasteiger partial charge in [0.15, 0.2) is 0 Å². The molecule has 2 heterocycles. The van der Waals surface area contributed by atoms with Crippen molar-refractivity contribution in [1.82, 2.24) is 9.62 Å². The molecule has 3 aromatic carbocycles. The maximum Gasteiger partial charge on any atom is 0.264 e. The van der Waals surface area contributed by atoms with Crippen LogP contribution in [0.2, 0.25) is 0 Å². The van der Waals surface area contributed by atoms with Crippen molar-refractivity contribution < 1.29 is 21.6 Å². The van der Waals surface area contributed by atoms with Crippen LogP contribution in [0.4, 0.5) is 5.69 Å². The molecule has 1 fully saturated rings. The van der Waals surface area contributed by atoms with Crippen LogP contribution in [0, 0.1) is 6.92 Å². The largest absolute Gasteiger partial charge is 0.352 e. The Kier molecular flexibility index (Phi) is 7.30. The number of aryl methyl sites for hydroxylation is 1. The lowest BCUT2D eigenvalue weighted by molar-refractivity contribution is 0.0954. The summed E-state index contributed by atoms with van der Waals surface area (Å²) in [7, 11) is -7.11. The zero-order valence-electron chi connectivity index (χ0n) is 21.3. The number of carbonyl (C=O) groups excluding carboxylic acids is 1. The summed E-state index contributed by atoms with van der Waals surface area (Å²) in [5.74, 6) is -0.235. The Morgan fingerprint density at radius 3 is 2.13 bits per heavy atom. The summed E-state index contributed by atoms with van der Waals surface area (Å²) in [6.45, 7) is 3.77. The molecule has 1 amide bonds. The van der Waals surface area contributed by atoms with Crippen molar-refractivity contribution >= 4 is 31.6 Å². The van der Waals surface area contributed by atoms with Crippen LogP contribution in [0.25, 0.3) is 0 Å². The second-order valence-electron chi connectivity index (χ2n) is 9.74. The van der Waals surface area contributed by atoms with Gasteiger partial charge in [-0.3, -0.25) is 9.10 Å². The van der Waals surface area contributed by atoms with Crippen LogP contribution in [0.15, 0.2) is 76.5 Å². The first-order chi connectivity index (χ1) is 18.2. The predicted molar refractivity (Wildman–Crippen MR) is 146 cm³/mol. The maximum atomic E-state index is 13.2. The molecule has 0 aromatic heterocycles. The third kappa shape index (κ3) is 5.21. The first-order valence-electron chi connectivity index (χ1n) is 12.8. The Bertz CT molecular complexity index is 1540. The zero-order valence-corrected chi connectivity index (χ0v) is 22.9. The monoisotopic (exact) mass is 553 g/mol. The van der Waals surface area contributed by atoms with Crippen LogP contribution < -0.4 is 9.62 Å². The van der Waals surface area contributed by atoms with Gasteiger partial charge in [0.25, 0.3) is 15.9 Å². The number of sulfonamides is 2. The number of rotatable bonds is 8. The molecule has 0 unspecified atom stereocenters. The van der Waals surface area contributed by atoms with Gasteiger partial charge in [-0.25, -0.2) is 16.8 Å². The number of fused-ring (bicyclic) bond motifs is 1. The van der Waals surface area contributed by atoms with Gasteiger partial charge in [0, 0.05) is 31.7 Å².